The lowest BCUT2D eigenvalue weighted by Crippen LogP contribution is -2.24. The van der Waals surface area contributed by atoms with Gasteiger partial charge in [0.1, 0.15) is 5.82 Å². The zero-order valence-corrected chi connectivity index (χ0v) is 12.1. The summed E-state index contributed by atoms with van der Waals surface area (Å²) in [5.74, 6) is -0.637. The summed E-state index contributed by atoms with van der Waals surface area (Å²) in [6, 6.07) is 9.30. The second-order valence-electron chi connectivity index (χ2n) is 5.06. The van der Waals surface area contributed by atoms with Crippen LogP contribution in [0.3, 0.4) is 0 Å². The number of anilines is 1. The molecule has 1 aromatic heterocycles. The Hall–Kier alpha value is -1.68. The Morgan fingerprint density at radius 2 is 2.20 bits per heavy atom. The molecule has 0 aliphatic carbocycles. The molecule has 1 aliphatic heterocycles. The monoisotopic (exact) mass is 289 g/mol. The van der Waals surface area contributed by atoms with Crippen LogP contribution in [-0.2, 0) is 0 Å². The molecule has 1 aromatic carbocycles. The molecule has 20 heavy (non-hydrogen) atoms. The van der Waals surface area contributed by atoms with E-state index in [0.717, 1.165) is 25.1 Å². The average molecular weight is 289 g/mol. The van der Waals surface area contributed by atoms with E-state index < -0.39 is 5.82 Å². The molecule has 2 aromatic rings. The van der Waals surface area contributed by atoms with E-state index in [1.165, 1.54) is 17.9 Å². The maximum absolute atomic E-state index is 14.0. The SMILES string of the molecule is CC(=O)c1c(F)cccc1N1CCCC1c1cccs1. The molecule has 0 bridgehead atoms. The molecule has 1 fully saturated rings. The van der Waals surface area contributed by atoms with Crippen LogP contribution in [0.1, 0.15) is 41.0 Å². The van der Waals surface area contributed by atoms with Crippen LogP contribution in [0.4, 0.5) is 10.1 Å². The van der Waals surface area contributed by atoms with Crippen LogP contribution in [-0.4, -0.2) is 12.3 Å². The van der Waals surface area contributed by atoms with Crippen LogP contribution < -0.4 is 4.90 Å². The van der Waals surface area contributed by atoms with Crippen molar-refractivity contribution in [3.63, 3.8) is 0 Å². The number of carbonyl (C=O) groups is 1. The first kappa shape index (κ1) is 13.3. The Labute approximate surface area is 121 Å². The van der Waals surface area contributed by atoms with Crippen molar-refractivity contribution in [1.82, 2.24) is 0 Å². The molecule has 2 heterocycles. The number of hydrogen-bond acceptors (Lipinski definition) is 3. The number of thiophene rings is 1. The van der Waals surface area contributed by atoms with Gasteiger partial charge in [-0.1, -0.05) is 12.1 Å². The summed E-state index contributed by atoms with van der Waals surface area (Å²) in [4.78, 5) is 15.2. The molecule has 0 saturated carbocycles. The third-order valence-corrected chi connectivity index (χ3v) is 4.75. The highest BCUT2D eigenvalue weighted by molar-refractivity contribution is 7.10. The third kappa shape index (κ3) is 2.24. The molecule has 1 aliphatic rings. The molecule has 1 atom stereocenters. The maximum atomic E-state index is 14.0. The van der Waals surface area contributed by atoms with Crippen LogP contribution in [0.2, 0.25) is 0 Å². The number of carbonyl (C=O) groups excluding carboxylic acids is 1. The Balaban J connectivity index is 2.04. The number of nitrogens with zero attached hydrogens (tertiary/aromatic N) is 1. The quantitative estimate of drug-likeness (QED) is 0.779. The van der Waals surface area contributed by atoms with Gasteiger partial charge in [-0.3, -0.25) is 4.79 Å². The highest BCUT2D eigenvalue weighted by Gasteiger charge is 2.30. The van der Waals surface area contributed by atoms with Crippen molar-refractivity contribution in [2.75, 3.05) is 11.4 Å². The number of rotatable bonds is 3. The molecule has 0 spiro atoms. The zero-order chi connectivity index (χ0) is 14.1. The number of benzene rings is 1. The van der Waals surface area contributed by atoms with Gasteiger partial charge in [0.25, 0.3) is 0 Å². The Kier molecular flexibility index (Phi) is 3.57. The van der Waals surface area contributed by atoms with E-state index in [9.17, 15) is 9.18 Å². The molecule has 0 N–H and O–H groups in total. The summed E-state index contributed by atoms with van der Waals surface area (Å²) in [5, 5.41) is 2.06. The van der Waals surface area contributed by atoms with Gasteiger partial charge < -0.3 is 4.90 Å². The summed E-state index contributed by atoms with van der Waals surface area (Å²) in [6.45, 7) is 2.30. The van der Waals surface area contributed by atoms with Crippen LogP contribution >= 0.6 is 11.3 Å². The van der Waals surface area contributed by atoms with Gasteiger partial charge in [0.2, 0.25) is 0 Å². The van der Waals surface area contributed by atoms with Crippen molar-refractivity contribution >= 4 is 22.8 Å². The van der Waals surface area contributed by atoms with Crippen molar-refractivity contribution in [1.29, 1.82) is 0 Å². The molecule has 3 rings (SSSR count). The Morgan fingerprint density at radius 3 is 2.90 bits per heavy atom. The lowest BCUT2D eigenvalue weighted by Gasteiger charge is -2.28. The first-order valence-electron chi connectivity index (χ1n) is 6.78. The molecule has 0 amide bonds. The van der Waals surface area contributed by atoms with Crippen molar-refractivity contribution in [2.45, 2.75) is 25.8 Å². The normalized spacial score (nSPS) is 18.5. The molecule has 0 radical (unpaired) electrons. The van der Waals surface area contributed by atoms with E-state index in [1.54, 1.807) is 17.4 Å². The van der Waals surface area contributed by atoms with E-state index in [4.69, 9.17) is 0 Å². The van der Waals surface area contributed by atoms with Crippen LogP contribution in [0.25, 0.3) is 0 Å². The summed E-state index contributed by atoms with van der Waals surface area (Å²) < 4.78 is 14.0. The predicted octanol–water partition coefficient (Wildman–Crippen LogP) is 4.43. The van der Waals surface area contributed by atoms with E-state index in [2.05, 4.69) is 16.3 Å². The summed E-state index contributed by atoms with van der Waals surface area (Å²) in [7, 11) is 0. The number of ketones is 1. The largest absolute Gasteiger partial charge is 0.363 e. The molecule has 1 unspecified atom stereocenters. The smallest absolute Gasteiger partial charge is 0.164 e. The highest BCUT2D eigenvalue weighted by atomic mass is 32.1. The van der Waals surface area contributed by atoms with E-state index in [-0.39, 0.29) is 17.4 Å². The van der Waals surface area contributed by atoms with E-state index in [0.29, 0.717) is 0 Å². The zero-order valence-electron chi connectivity index (χ0n) is 11.3. The van der Waals surface area contributed by atoms with Gasteiger partial charge in [-0.05, 0) is 43.3 Å². The number of hydrogen-bond donors (Lipinski definition) is 0. The fourth-order valence-electron chi connectivity index (χ4n) is 2.93. The van der Waals surface area contributed by atoms with E-state index >= 15 is 0 Å². The minimum atomic E-state index is -0.424. The fraction of sp³-hybridized carbons (Fsp3) is 0.312. The fourth-order valence-corrected chi connectivity index (χ4v) is 3.81. The first-order chi connectivity index (χ1) is 9.68. The average Bonchev–Trinajstić information content (AvgIpc) is 3.08. The van der Waals surface area contributed by atoms with Gasteiger partial charge in [0.05, 0.1) is 17.3 Å². The van der Waals surface area contributed by atoms with E-state index in [1.807, 2.05) is 12.1 Å². The van der Waals surface area contributed by atoms with Gasteiger partial charge in [-0.2, -0.15) is 0 Å². The first-order valence-corrected chi connectivity index (χ1v) is 7.66. The lowest BCUT2D eigenvalue weighted by atomic mass is 10.1. The molecular formula is C16H16FNOS. The number of Topliss-reactive ketones (excluding diaryl/α,β-unsaturated/α-hetero) is 1. The second-order valence-corrected chi connectivity index (χ2v) is 6.04. The predicted molar refractivity (Wildman–Crippen MR) is 80.0 cm³/mol. The molecular weight excluding hydrogens is 273 g/mol. The standard InChI is InChI=1S/C16H16FNOS/c1-11(19)16-12(17)5-2-6-14(16)18-9-3-7-13(18)15-8-4-10-20-15/h2,4-6,8,10,13H,3,7,9H2,1H3. The molecule has 4 heteroatoms. The van der Waals surface area contributed by atoms with Gasteiger partial charge in [-0.25, -0.2) is 4.39 Å². The topological polar surface area (TPSA) is 20.3 Å². The Morgan fingerprint density at radius 1 is 1.35 bits per heavy atom. The summed E-state index contributed by atoms with van der Waals surface area (Å²) in [6.07, 6.45) is 2.12. The second kappa shape index (κ2) is 5.37. The van der Waals surface area contributed by atoms with Crippen molar-refractivity contribution in [3.8, 4) is 0 Å². The Bertz CT molecular complexity index is 623. The maximum Gasteiger partial charge on any atom is 0.164 e. The minimum absolute atomic E-state index is 0.213. The highest BCUT2D eigenvalue weighted by Crippen LogP contribution is 2.39. The molecule has 2 nitrogen and oxygen atoms in total. The molecule has 1 saturated heterocycles. The van der Waals surface area contributed by atoms with Crippen LogP contribution in [0, 0.1) is 5.82 Å². The lowest BCUT2D eigenvalue weighted by molar-refractivity contribution is 0.101. The van der Waals surface area contributed by atoms with Gasteiger partial charge >= 0.3 is 0 Å². The minimum Gasteiger partial charge on any atom is -0.363 e. The van der Waals surface area contributed by atoms with Crippen molar-refractivity contribution < 1.29 is 9.18 Å². The summed E-state index contributed by atoms with van der Waals surface area (Å²) >= 11 is 1.72. The van der Waals surface area contributed by atoms with Gasteiger partial charge in [0.15, 0.2) is 5.78 Å². The van der Waals surface area contributed by atoms with Gasteiger partial charge in [0, 0.05) is 11.4 Å². The molecule has 104 valence electrons. The third-order valence-electron chi connectivity index (χ3n) is 3.78. The summed E-state index contributed by atoms with van der Waals surface area (Å²) in [5.41, 5.74) is 0.948. The van der Waals surface area contributed by atoms with Crippen molar-refractivity contribution in [2.24, 2.45) is 0 Å². The van der Waals surface area contributed by atoms with Gasteiger partial charge in [-0.15, -0.1) is 11.3 Å². The van der Waals surface area contributed by atoms with Crippen LogP contribution in [0.15, 0.2) is 35.7 Å². The van der Waals surface area contributed by atoms with Crippen LogP contribution in [0.5, 0.6) is 0 Å². The number of halogens is 1. The van der Waals surface area contributed by atoms with Crippen molar-refractivity contribution in [3.05, 3.63) is 52.0 Å².